The fourth-order valence-corrected chi connectivity index (χ4v) is 5.22. The molecular weight excluding hydrogens is 460 g/mol. The Labute approximate surface area is 207 Å². The van der Waals surface area contributed by atoms with Crippen LogP contribution in [0.3, 0.4) is 0 Å². The van der Waals surface area contributed by atoms with Gasteiger partial charge >= 0.3 is 6.03 Å². The number of para-hydroxylation sites is 1. The van der Waals surface area contributed by atoms with Crippen LogP contribution in [0, 0.1) is 0 Å². The second-order valence-corrected chi connectivity index (χ2v) is 9.38. The number of nitrogens with one attached hydrogen (secondary N) is 2. The van der Waals surface area contributed by atoms with E-state index in [1.165, 1.54) is 6.33 Å². The highest BCUT2D eigenvalue weighted by atomic mass is 32.2. The molecule has 178 valence electrons. The maximum Gasteiger partial charge on any atom is 0.323 e. The van der Waals surface area contributed by atoms with Crippen LogP contribution < -0.4 is 16.4 Å². The summed E-state index contributed by atoms with van der Waals surface area (Å²) in [4.78, 5) is 35.8. The quantitative estimate of drug-likeness (QED) is 0.237. The van der Waals surface area contributed by atoms with Crippen LogP contribution in [0.1, 0.15) is 47.6 Å². The maximum absolute atomic E-state index is 13.6. The fraction of sp³-hybridized carbons (Fsp3) is 0.231. The third kappa shape index (κ3) is 4.59. The van der Waals surface area contributed by atoms with Gasteiger partial charge in [-0.25, -0.2) is 14.8 Å². The molecule has 1 aliphatic carbocycles. The minimum Gasteiger partial charge on any atom is -0.383 e. The van der Waals surface area contributed by atoms with Crippen molar-refractivity contribution < 1.29 is 9.59 Å². The Balaban J connectivity index is 1.42. The zero-order chi connectivity index (χ0) is 24.4. The number of urea groups is 1. The molecule has 2 aromatic carbocycles. The number of thioether (sulfide) groups is 1. The Morgan fingerprint density at radius 2 is 1.86 bits per heavy atom. The third-order valence-corrected chi connectivity index (χ3v) is 7.14. The molecule has 2 amide bonds. The topological polar surface area (TPSA) is 115 Å². The highest BCUT2D eigenvalue weighted by Gasteiger charge is 2.25. The lowest BCUT2D eigenvalue weighted by Gasteiger charge is -2.12. The number of nitrogens with two attached hydrogens (primary N) is 1. The Morgan fingerprint density at radius 3 is 2.66 bits per heavy atom. The number of carbonyl (C=O) groups excluding carboxylic acids is 2. The molecule has 0 spiro atoms. The normalized spacial score (nSPS) is 13.7. The number of hydrogen-bond donors (Lipinski definition) is 3. The molecule has 8 nitrogen and oxygen atoms in total. The minimum atomic E-state index is -0.383. The number of nitrogens with zero attached hydrogens (tertiary/aromatic N) is 3. The van der Waals surface area contributed by atoms with Gasteiger partial charge in [-0.05, 0) is 43.4 Å². The molecule has 9 heteroatoms. The monoisotopic (exact) mass is 486 g/mol. The molecule has 1 aliphatic rings. The van der Waals surface area contributed by atoms with Gasteiger partial charge in [0.15, 0.2) is 5.78 Å². The number of carbonyl (C=O) groups is 2. The summed E-state index contributed by atoms with van der Waals surface area (Å²) >= 11 is 1.55. The van der Waals surface area contributed by atoms with Gasteiger partial charge in [-0.15, -0.1) is 11.8 Å². The van der Waals surface area contributed by atoms with E-state index < -0.39 is 0 Å². The van der Waals surface area contributed by atoms with Gasteiger partial charge < -0.3 is 20.9 Å². The lowest BCUT2D eigenvalue weighted by Crippen LogP contribution is -2.20. The smallest absolute Gasteiger partial charge is 0.323 e. The zero-order valence-corrected chi connectivity index (χ0v) is 20.1. The van der Waals surface area contributed by atoms with E-state index in [1.54, 1.807) is 36.0 Å². The lowest BCUT2D eigenvalue weighted by atomic mass is 10.0. The summed E-state index contributed by atoms with van der Waals surface area (Å²) in [5.74, 6) is 0.0984. The number of ketones is 1. The molecule has 0 saturated heterocycles. The number of hydrogen-bond acceptors (Lipinski definition) is 6. The van der Waals surface area contributed by atoms with E-state index in [1.807, 2.05) is 36.7 Å². The Kier molecular flexibility index (Phi) is 6.41. The van der Waals surface area contributed by atoms with E-state index in [-0.39, 0.29) is 17.6 Å². The number of rotatable bonds is 6. The van der Waals surface area contributed by atoms with Crippen molar-refractivity contribution in [1.82, 2.24) is 14.5 Å². The first-order valence-corrected chi connectivity index (χ1v) is 12.7. The number of aromatic nitrogens is 3. The van der Waals surface area contributed by atoms with Crippen LogP contribution in [0.4, 0.5) is 22.0 Å². The number of anilines is 3. The molecule has 35 heavy (non-hydrogen) atoms. The summed E-state index contributed by atoms with van der Waals surface area (Å²) in [6.45, 7) is 0. The van der Waals surface area contributed by atoms with Crippen molar-refractivity contribution in [2.24, 2.45) is 0 Å². The van der Waals surface area contributed by atoms with Crippen molar-refractivity contribution in [1.29, 1.82) is 0 Å². The molecule has 0 radical (unpaired) electrons. The van der Waals surface area contributed by atoms with Gasteiger partial charge in [0.2, 0.25) is 0 Å². The summed E-state index contributed by atoms with van der Waals surface area (Å²) in [6, 6.07) is 14.4. The van der Waals surface area contributed by atoms with E-state index in [2.05, 4.69) is 25.2 Å². The van der Waals surface area contributed by atoms with Crippen molar-refractivity contribution in [2.75, 3.05) is 22.6 Å². The van der Waals surface area contributed by atoms with Crippen molar-refractivity contribution in [3.8, 4) is 0 Å². The first kappa shape index (κ1) is 22.9. The molecule has 0 unspecified atom stereocenters. The summed E-state index contributed by atoms with van der Waals surface area (Å²) in [7, 11) is 0. The molecular formula is C26H26N6O2S. The average Bonchev–Trinajstić information content (AvgIpc) is 3.53. The molecule has 4 aromatic rings. The summed E-state index contributed by atoms with van der Waals surface area (Å²) in [5, 5.41) is 6.26. The van der Waals surface area contributed by atoms with Crippen molar-refractivity contribution in [3.63, 3.8) is 0 Å². The van der Waals surface area contributed by atoms with Gasteiger partial charge in [0.25, 0.3) is 0 Å². The van der Waals surface area contributed by atoms with Crippen LogP contribution in [-0.4, -0.2) is 32.6 Å². The van der Waals surface area contributed by atoms with E-state index in [4.69, 9.17) is 5.73 Å². The van der Waals surface area contributed by atoms with Gasteiger partial charge in [-0.3, -0.25) is 4.79 Å². The molecule has 5 rings (SSSR count). The SMILES string of the molecule is CSc1ccccc1NC(=O)Nc1cccc(C(=O)c2cn(C3CCCC3)c3ncnc(N)c23)c1. The van der Waals surface area contributed by atoms with Crippen LogP contribution in [-0.2, 0) is 0 Å². The summed E-state index contributed by atoms with van der Waals surface area (Å²) in [6.07, 6.45) is 9.67. The Hall–Kier alpha value is -3.85. The summed E-state index contributed by atoms with van der Waals surface area (Å²) in [5.41, 5.74) is 9.04. The van der Waals surface area contributed by atoms with Gasteiger partial charge in [0, 0.05) is 28.4 Å². The summed E-state index contributed by atoms with van der Waals surface area (Å²) < 4.78 is 2.08. The molecule has 0 atom stereocenters. The van der Waals surface area contributed by atoms with Crippen LogP contribution in [0.5, 0.6) is 0 Å². The van der Waals surface area contributed by atoms with Crippen molar-refractivity contribution in [2.45, 2.75) is 36.6 Å². The lowest BCUT2D eigenvalue weighted by molar-refractivity contribution is 0.104. The largest absolute Gasteiger partial charge is 0.383 e. The number of nitrogen functional groups attached to an aromatic ring is 1. The number of amides is 2. The van der Waals surface area contributed by atoms with Crippen molar-refractivity contribution in [3.05, 3.63) is 72.2 Å². The number of benzene rings is 2. The predicted molar refractivity (Wildman–Crippen MR) is 140 cm³/mol. The standard InChI is InChI=1S/C26H26N6O2S/c1-35-21-12-5-4-11-20(21)31-26(34)30-17-8-6-7-16(13-17)23(33)19-14-32(18-9-2-3-10-18)25-22(19)24(27)28-15-29-25/h4-8,11-15,18H,2-3,9-10H2,1H3,(H2,27,28,29)(H2,30,31,34). The Bertz CT molecular complexity index is 1410. The van der Waals surface area contributed by atoms with Crippen LogP contribution in [0.15, 0.2) is 66.0 Å². The second-order valence-electron chi connectivity index (χ2n) is 8.54. The molecule has 0 bridgehead atoms. The van der Waals surface area contributed by atoms with E-state index in [0.717, 1.165) is 36.3 Å². The first-order chi connectivity index (χ1) is 17.0. The van der Waals surface area contributed by atoms with Gasteiger partial charge in [-0.1, -0.05) is 37.1 Å². The molecule has 4 N–H and O–H groups in total. The van der Waals surface area contributed by atoms with Gasteiger partial charge in [0.05, 0.1) is 16.6 Å². The molecule has 2 heterocycles. The van der Waals surface area contributed by atoms with Crippen LogP contribution >= 0.6 is 11.8 Å². The first-order valence-electron chi connectivity index (χ1n) is 11.5. The van der Waals surface area contributed by atoms with Crippen molar-refractivity contribution >= 4 is 51.8 Å². The molecule has 0 aliphatic heterocycles. The maximum atomic E-state index is 13.6. The third-order valence-electron chi connectivity index (χ3n) is 6.34. The molecule has 2 aromatic heterocycles. The highest BCUT2D eigenvalue weighted by molar-refractivity contribution is 7.98. The zero-order valence-electron chi connectivity index (χ0n) is 19.3. The van der Waals surface area contributed by atoms with Gasteiger partial charge in [-0.2, -0.15) is 0 Å². The van der Waals surface area contributed by atoms with E-state index in [0.29, 0.717) is 33.9 Å². The predicted octanol–water partition coefficient (Wildman–Crippen LogP) is 5.73. The molecule has 1 saturated carbocycles. The van der Waals surface area contributed by atoms with Crippen LogP contribution in [0.2, 0.25) is 0 Å². The van der Waals surface area contributed by atoms with Crippen LogP contribution in [0.25, 0.3) is 11.0 Å². The van der Waals surface area contributed by atoms with Gasteiger partial charge in [0.1, 0.15) is 17.8 Å². The van der Waals surface area contributed by atoms with E-state index in [9.17, 15) is 9.59 Å². The van der Waals surface area contributed by atoms with E-state index >= 15 is 0 Å². The number of fused-ring (bicyclic) bond motifs is 1. The average molecular weight is 487 g/mol. The molecule has 1 fully saturated rings. The second kappa shape index (κ2) is 9.79. The minimum absolute atomic E-state index is 0.190. The highest BCUT2D eigenvalue weighted by Crippen LogP contribution is 2.35. The fourth-order valence-electron chi connectivity index (χ4n) is 4.67. The Morgan fingerprint density at radius 1 is 1.06 bits per heavy atom.